The molecule has 0 saturated heterocycles. The van der Waals surface area contributed by atoms with Crippen molar-refractivity contribution in [1.29, 1.82) is 10.5 Å². The van der Waals surface area contributed by atoms with E-state index in [0.717, 1.165) is 105 Å². The van der Waals surface area contributed by atoms with Gasteiger partial charge in [0.05, 0.1) is 84.3 Å². The van der Waals surface area contributed by atoms with E-state index in [0.29, 0.717) is 11.4 Å². The molecular weight excluding hydrogens is 898 g/mol. The van der Waals surface area contributed by atoms with Crippen LogP contribution in [0.3, 0.4) is 0 Å². The highest BCUT2D eigenvalue weighted by Gasteiger charge is 2.36. The molecule has 4 aromatic heterocycles. The van der Waals surface area contributed by atoms with Crippen LogP contribution in [0.4, 0.5) is 13.2 Å². The van der Waals surface area contributed by atoms with Crippen molar-refractivity contribution in [1.82, 2.24) is 18.3 Å². The molecule has 0 radical (unpaired) electrons. The lowest BCUT2D eigenvalue weighted by Crippen LogP contribution is -2.11. The van der Waals surface area contributed by atoms with E-state index in [1.807, 2.05) is 91.0 Å². The Kier molecular flexibility index (Phi) is 8.77. The van der Waals surface area contributed by atoms with Crippen molar-refractivity contribution in [3.05, 3.63) is 229 Å². The monoisotopic (exact) mass is 932 g/mol. The highest BCUT2D eigenvalue weighted by atomic mass is 19.4. The Morgan fingerprint density at radius 2 is 0.694 bits per heavy atom. The predicted octanol–water partition coefficient (Wildman–Crippen LogP) is 16.5. The molecule has 0 bridgehead atoms. The molecule has 0 unspecified atom stereocenters. The van der Waals surface area contributed by atoms with Gasteiger partial charge in [0, 0.05) is 65.6 Å². The van der Waals surface area contributed by atoms with E-state index < -0.39 is 11.7 Å². The van der Waals surface area contributed by atoms with Crippen LogP contribution in [-0.2, 0) is 6.18 Å². The van der Waals surface area contributed by atoms with Crippen molar-refractivity contribution in [2.24, 2.45) is 0 Å². The fraction of sp³-hybridized carbons (Fsp3) is 0.0159. The Labute approximate surface area is 408 Å². The minimum Gasteiger partial charge on any atom is -0.307 e. The van der Waals surface area contributed by atoms with Crippen molar-refractivity contribution in [2.45, 2.75) is 6.18 Å². The second-order valence-corrected chi connectivity index (χ2v) is 18.1. The molecule has 0 saturated carbocycles. The van der Waals surface area contributed by atoms with Gasteiger partial charge in [0.2, 0.25) is 0 Å². The lowest BCUT2D eigenvalue weighted by Gasteiger charge is -2.22. The summed E-state index contributed by atoms with van der Waals surface area (Å²) in [5.74, 6) is 0. The maximum absolute atomic E-state index is 15.4. The van der Waals surface area contributed by atoms with Gasteiger partial charge in [-0.15, -0.1) is 0 Å². The van der Waals surface area contributed by atoms with E-state index in [9.17, 15) is 10.5 Å². The number of benzene rings is 10. The number of fused-ring (bicyclic) bond motifs is 14. The van der Waals surface area contributed by atoms with E-state index in [2.05, 4.69) is 121 Å². The Bertz CT molecular complexity index is 4690. The van der Waals surface area contributed by atoms with Crippen LogP contribution in [0, 0.1) is 22.7 Å². The van der Waals surface area contributed by atoms with Gasteiger partial charge in [0.1, 0.15) is 0 Å². The second kappa shape index (κ2) is 15.3. The van der Waals surface area contributed by atoms with Gasteiger partial charge < -0.3 is 18.3 Å². The summed E-state index contributed by atoms with van der Waals surface area (Å²) >= 11 is 0. The first-order valence-electron chi connectivity index (χ1n) is 23.5. The molecule has 6 nitrogen and oxygen atoms in total. The van der Waals surface area contributed by atoms with Crippen LogP contribution in [0.15, 0.2) is 212 Å². The van der Waals surface area contributed by atoms with Crippen LogP contribution >= 0.6 is 0 Å². The second-order valence-electron chi connectivity index (χ2n) is 18.1. The third-order valence-corrected chi connectivity index (χ3v) is 14.4. The van der Waals surface area contributed by atoms with Crippen molar-refractivity contribution in [3.63, 3.8) is 0 Å². The highest BCUT2D eigenvalue weighted by Crippen LogP contribution is 2.48. The quantitative estimate of drug-likeness (QED) is 0.173. The van der Waals surface area contributed by atoms with Crippen molar-refractivity contribution >= 4 is 87.2 Å². The zero-order valence-corrected chi connectivity index (χ0v) is 38.0. The number of aromatic nitrogens is 4. The molecule has 9 heteroatoms. The molecular formula is C63H35F3N6. The van der Waals surface area contributed by atoms with Gasteiger partial charge in [0.25, 0.3) is 0 Å². The van der Waals surface area contributed by atoms with E-state index in [4.69, 9.17) is 0 Å². The lowest BCUT2D eigenvalue weighted by molar-refractivity contribution is -0.137. The van der Waals surface area contributed by atoms with Gasteiger partial charge in [-0.1, -0.05) is 140 Å². The molecule has 0 aliphatic rings. The number of hydrogen-bond acceptors (Lipinski definition) is 2. The van der Waals surface area contributed by atoms with Gasteiger partial charge >= 0.3 is 6.18 Å². The highest BCUT2D eigenvalue weighted by molar-refractivity contribution is 6.26. The number of nitriles is 2. The number of rotatable bonds is 5. The first kappa shape index (κ1) is 41.2. The maximum Gasteiger partial charge on any atom is 0.417 e. The van der Waals surface area contributed by atoms with E-state index >= 15 is 13.2 Å². The average molecular weight is 933 g/mol. The molecule has 0 aliphatic heterocycles. The van der Waals surface area contributed by atoms with Gasteiger partial charge in [-0.05, 0) is 72.8 Å². The third kappa shape index (κ3) is 5.70. The van der Waals surface area contributed by atoms with Crippen LogP contribution in [-0.4, -0.2) is 18.3 Å². The van der Waals surface area contributed by atoms with Gasteiger partial charge in [0.15, 0.2) is 0 Å². The molecule has 10 aromatic carbocycles. The predicted molar refractivity (Wildman–Crippen MR) is 284 cm³/mol. The average Bonchev–Trinajstić information content (AvgIpc) is 4.16. The smallest absolute Gasteiger partial charge is 0.307 e. The normalized spacial score (nSPS) is 12.1. The molecule has 4 heterocycles. The molecule has 0 N–H and O–H groups in total. The lowest BCUT2D eigenvalue weighted by atomic mass is 9.90. The molecule has 338 valence electrons. The zero-order valence-electron chi connectivity index (χ0n) is 38.0. The molecule has 0 atom stereocenters. The number of halogens is 3. The Balaban J connectivity index is 1.25. The number of hydrogen-bond donors (Lipinski definition) is 0. The molecule has 0 spiro atoms. The summed E-state index contributed by atoms with van der Waals surface area (Å²) in [6, 6.07) is 73.3. The summed E-state index contributed by atoms with van der Waals surface area (Å²) in [5, 5.41) is 29.8. The largest absolute Gasteiger partial charge is 0.417 e. The van der Waals surface area contributed by atoms with Gasteiger partial charge in [-0.25, -0.2) is 0 Å². The van der Waals surface area contributed by atoms with Crippen LogP contribution < -0.4 is 0 Å². The summed E-state index contributed by atoms with van der Waals surface area (Å²) in [6.45, 7) is 0. The molecule has 14 aromatic rings. The molecule has 0 aliphatic carbocycles. The van der Waals surface area contributed by atoms with Gasteiger partial charge in [-0.3, -0.25) is 0 Å². The third-order valence-electron chi connectivity index (χ3n) is 14.4. The summed E-state index contributed by atoms with van der Waals surface area (Å²) < 4.78 is 55.2. The first-order chi connectivity index (χ1) is 35.3. The summed E-state index contributed by atoms with van der Waals surface area (Å²) in [5.41, 5.74) is 8.49. The Morgan fingerprint density at radius 3 is 1.10 bits per heavy atom. The summed E-state index contributed by atoms with van der Waals surface area (Å²) in [7, 11) is 0. The molecule has 0 fully saturated rings. The Hall–Kier alpha value is -9.83. The number of para-hydroxylation sites is 6. The summed E-state index contributed by atoms with van der Waals surface area (Å²) in [6.07, 6.45) is -4.85. The van der Waals surface area contributed by atoms with Crippen molar-refractivity contribution < 1.29 is 13.2 Å². The number of nitrogens with zero attached hydrogens (tertiary/aromatic N) is 6. The SMILES string of the molecule is N#Cc1cc(-n2c3ccccc3c3ccc4c5ccccc5n(-c5ccccc5)c4c32)c(-n2c3ccccc3c3ccc4c5ccccc5n(-c5ccccc5)c4c32)cc1-c1c(C#N)cccc1C(F)(F)F. The number of alkyl halides is 3. The topological polar surface area (TPSA) is 67.3 Å². The van der Waals surface area contributed by atoms with Crippen LogP contribution in [0.1, 0.15) is 16.7 Å². The summed E-state index contributed by atoms with van der Waals surface area (Å²) in [4.78, 5) is 0. The molecule has 72 heavy (non-hydrogen) atoms. The first-order valence-corrected chi connectivity index (χ1v) is 23.5. The van der Waals surface area contributed by atoms with Crippen LogP contribution in [0.25, 0.3) is 121 Å². The zero-order chi connectivity index (χ0) is 48.4. The molecule has 14 rings (SSSR count). The molecule has 0 amide bonds. The van der Waals surface area contributed by atoms with E-state index in [1.54, 1.807) is 12.1 Å². The minimum atomic E-state index is -4.85. The van der Waals surface area contributed by atoms with Crippen molar-refractivity contribution in [3.8, 4) is 46.0 Å². The fourth-order valence-electron chi connectivity index (χ4n) is 11.6. The maximum atomic E-state index is 15.4. The van der Waals surface area contributed by atoms with Crippen LogP contribution in [0.5, 0.6) is 0 Å². The van der Waals surface area contributed by atoms with Gasteiger partial charge in [-0.2, -0.15) is 23.7 Å². The van der Waals surface area contributed by atoms with Crippen molar-refractivity contribution in [2.75, 3.05) is 0 Å². The van der Waals surface area contributed by atoms with Crippen LogP contribution in [0.2, 0.25) is 0 Å². The van der Waals surface area contributed by atoms with E-state index in [-0.39, 0.29) is 22.3 Å². The van der Waals surface area contributed by atoms with E-state index in [1.165, 1.54) is 12.1 Å². The fourth-order valence-corrected chi connectivity index (χ4v) is 11.6. The Morgan fingerprint density at radius 1 is 0.333 bits per heavy atom. The standard InChI is InChI=1S/C63H35F3N6/c64-63(65,66)51-25-15-16-38(36-67)58(51)50-35-57(72-55-29-14-10-24-45(55)49-33-31-47-43-22-8-12-27-53(43)70(60(47)62(49)72)41-19-5-2-6-20-41)56(34-39(50)37-68)71-54-28-13-9-23-44(54)48-32-30-46-42-21-7-11-26-52(42)69(59(46)61(48)71)40-17-3-1-4-18-40/h1-35H. The minimum absolute atomic E-state index is 0.00764.